The molecule has 0 aliphatic carbocycles. The monoisotopic (exact) mass is 314 g/mol. The van der Waals surface area contributed by atoms with Crippen LogP contribution in [0.5, 0.6) is 5.75 Å². The number of anilines is 2. The quantitative estimate of drug-likeness (QED) is 0.595. The Labute approximate surface area is 131 Å². The van der Waals surface area contributed by atoms with E-state index < -0.39 is 5.91 Å². The van der Waals surface area contributed by atoms with Crippen LogP contribution in [0.1, 0.15) is 10.6 Å². The summed E-state index contributed by atoms with van der Waals surface area (Å²) in [6.45, 7) is 3.84. The predicted octanol–water partition coefficient (Wildman–Crippen LogP) is 2.92. The molecule has 0 bridgehead atoms. The molecule has 7 heteroatoms. The molecule has 1 aromatic carbocycles. The molecule has 0 saturated carbocycles. The fraction of sp³-hybridized carbons (Fsp3) is 0.133. The number of carbonyl (C=O) groups excluding carboxylic acids is 1. The number of amides is 1. The van der Waals surface area contributed by atoms with Gasteiger partial charge in [0.05, 0.1) is 5.69 Å². The van der Waals surface area contributed by atoms with Crippen molar-refractivity contribution in [3.8, 4) is 11.8 Å². The lowest BCUT2D eigenvalue weighted by molar-refractivity contribution is -0.112. The van der Waals surface area contributed by atoms with Crippen LogP contribution in [-0.4, -0.2) is 16.0 Å². The maximum absolute atomic E-state index is 12.0. The molecule has 0 aliphatic rings. The summed E-state index contributed by atoms with van der Waals surface area (Å²) in [5, 5.41) is 24.4. The van der Waals surface area contributed by atoms with Crippen molar-refractivity contribution in [1.29, 1.82) is 5.26 Å². The Morgan fingerprint density at radius 1 is 1.45 bits per heavy atom. The zero-order valence-corrected chi connectivity index (χ0v) is 12.9. The number of nitriles is 1. The van der Waals surface area contributed by atoms with Crippen molar-refractivity contribution in [3.05, 3.63) is 46.6 Å². The molecule has 0 radical (unpaired) electrons. The second-order valence-electron chi connectivity index (χ2n) is 4.48. The van der Waals surface area contributed by atoms with Crippen LogP contribution in [0.25, 0.3) is 0 Å². The van der Waals surface area contributed by atoms with Gasteiger partial charge in [-0.3, -0.25) is 4.79 Å². The Morgan fingerprint density at radius 3 is 2.82 bits per heavy atom. The fourth-order valence-corrected chi connectivity index (χ4v) is 2.38. The number of benzene rings is 1. The Bertz CT molecular complexity index is 755. The normalized spacial score (nSPS) is 10.9. The van der Waals surface area contributed by atoms with E-state index in [1.165, 1.54) is 29.7 Å². The van der Waals surface area contributed by atoms with E-state index in [0.29, 0.717) is 10.8 Å². The van der Waals surface area contributed by atoms with E-state index in [9.17, 15) is 9.90 Å². The minimum atomic E-state index is -0.564. The largest absolute Gasteiger partial charge is 0.508 e. The summed E-state index contributed by atoms with van der Waals surface area (Å²) in [4.78, 5) is 17.3. The van der Waals surface area contributed by atoms with E-state index in [1.807, 2.05) is 19.9 Å². The maximum atomic E-state index is 12.0. The number of nitrogens with zero attached hydrogens (tertiary/aromatic N) is 2. The first-order valence-electron chi connectivity index (χ1n) is 6.41. The number of phenolic OH excluding ortho intramolecular Hbond substituents is 1. The summed E-state index contributed by atoms with van der Waals surface area (Å²) < 4.78 is 0. The fourth-order valence-electron chi connectivity index (χ4n) is 1.60. The molecule has 0 aliphatic heterocycles. The molecule has 1 heterocycles. The van der Waals surface area contributed by atoms with Crippen LogP contribution in [0.2, 0.25) is 0 Å². The van der Waals surface area contributed by atoms with Gasteiger partial charge in [0.2, 0.25) is 0 Å². The van der Waals surface area contributed by atoms with Crippen molar-refractivity contribution in [2.75, 3.05) is 10.6 Å². The van der Waals surface area contributed by atoms with E-state index in [-0.39, 0.29) is 11.3 Å². The number of rotatable bonds is 4. The smallest absolute Gasteiger partial charge is 0.267 e. The number of aromatic hydroxyl groups is 1. The molecule has 22 heavy (non-hydrogen) atoms. The first-order chi connectivity index (χ1) is 10.5. The minimum Gasteiger partial charge on any atom is -0.508 e. The highest BCUT2D eigenvalue weighted by molar-refractivity contribution is 7.15. The number of hydrogen-bond acceptors (Lipinski definition) is 6. The molecule has 0 saturated heterocycles. The third kappa shape index (κ3) is 3.84. The zero-order chi connectivity index (χ0) is 16.1. The van der Waals surface area contributed by atoms with Crippen molar-refractivity contribution in [2.45, 2.75) is 13.8 Å². The number of hydrogen-bond donors (Lipinski definition) is 3. The number of carbonyl (C=O) groups is 1. The van der Waals surface area contributed by atoms with Crippen LogP contribution in [0.4, 0.5) is 10.8 Å². The lowest BCUT2D eigenvalue weighted by Gasteiger charge is -2.04. The summed E-state index contributed by atoms with van der Waals surface area (Å²) in [7, 11) is 0. The van der Waals surface area contributed by atoms with Gasteiger partial charge >= 0.3 is 0 Å². The Balaban J connectivity index is 2.08. The highest BCUT2D eigenvalue weighted by Gasteiger charge is 2.10. The van der Waals surface area contributed by atoms with Crippen molar-refractivity contribution >= 4 is 28.1 Å². The highest BCUT2D eigenvalue weighted by Crippen LogP contribution is 2.21. The van der Waals surface area contributed by atoms with Crippen LogP contribution in [0.3, 0.4) is 0 Å². The molecule has 0 atom stereocenters. The standard InChI is InChI=1S/C15H14N4O2S/c1-9-10(2)22-15(18-9)17-8-11(7-16)14(21)19-12-4-3-5-13(20)6-12/h3-6,8,20H,1-2H3,(H,17,18)(H,19,21)/b11-8-. The first-order valence-corrected chi connectivity index (χ1v) is 7.22. The van der Waals surface area contributed by atoms with Crippen LogP contribution >= 0.6 is 11.3 Å². The lowest BCUT2D eigenvalue weighted by atomic mass is 10.2. The van der Waals surface area contributed by atoms with Crippen molar-refractivity contribution in [1.82, 2.24) is 4.98 Å². The van der Waals surface area contributed by atoms with E-state index in [0.717, 1.165) is 10.6 Å². The molecule has 3 N–H and O–H groups in total. The Kier molecular flexibility index (Phi) is 4.76. The van der Waals surface area contributed by atoms with E-state index in [4.69, 9.17) is 5.26 Å². The summed E-state index contributed by atoms with van der Waals surface area (Å²) in [6, 6.07) is 7.93. The zero-order valence-electron chi connectivity index (χ0n) is 12.0. The van der Waals surface area contributed by atoms with Crippen LogP contribution in [0, 0.1) is 25.2 Å². The number of phenols is 1. The summed E-state index contributed by atoms with van der Waals surface area (Å²) >= 11 is 1.44. The second kappa shape index (κ2) is 6.74. The summed E-state index contributed by atoms with van der Waals surface area (Å²) in [6.07, 6.45) is 1.32. The van der Waals surface area contributed by atoms with Gasteiger partial charge < -0.3 is 15.7 Å². The Hall–Kier alpha value is -2.85. The number of aromatic nitrogens is 1. The molecule has 0 fully saturated rings. The molecule has 0 unspecified atom stereocenters. The molecule has 112 valence electrons. The Morgan fingerprint density at radius 2 is 2.23 bits per heavy atom. The minimum absolute atomic E-state index is 0.0344. The van der Waals surface area contributed by atoms with Gasteiger partial charge in [0.1, 0.15) is 17.4 Å². The predicted molar refractivity (Wildman–Crippen MR) is 85.6 cm³/mol. The van der Waals surface area contributed by atoms with Gasteiger partial charge in [0.25, 0.3) is 5.91 Å². The van der Waals surface area contributed by atoms with Crippen molar-refractivity contribution in [2.24, 2.45) is 0 Å². The molecule has 1 aromatic heterocycles. The molecule has 6 nitrogen and oxygen atoms in total. The third-order valence-electron chi connectivity index (χ3n) is 2.84. The number of nitrogens with one attached hydrogen (secondary N) is 2. The average molecular weight is 314 g/mol. The van der Waals surface area contributed by atoms with Crippen LogP contribution in [0.15, 0.2) is 36.0 Å². The summed E-state index contributed by atoms with van der Waals surface area (Å²) in [5.74, 6) is -0.530. The van der Waals surface area contributed by atoms with Crippen LogP contribution in [-0.2, 0) is 4.79 Å². The molecular weight excluding hydrogens is 300 g/mol. The highest BCUT2D eigenvalue weighted by atomic mass is 32.1. The topological polar surface area (TPSA) is 98.0 Å². The maximum Gasteiger partial charge on any atom is 0.267 e. The lowest BCUT2D eigenvalue weighted by Crippen LogP contribution is -2.14. The molecule has 1 amide bonds. The molecule has 2 aromatic rings. The van der Waals surface area contributed by atoms with Crippen molar-refractivity contribution < 1.29 is 9.90 Å². The average Bonchev–Trinajstić information content (AvgIpc) is 2.78. The van der Waals surface area contributed by atoms with Gasteiger partial charge in [0, 0.05) is 22.8 Å². The first kappa shape index (κ1) is 15.5. The molecular formula is C15H14N4O2S. The van der Waals surface area contributed by atoms with E-state index in [2.05, 4.69) is 15.6 Å². The van der Waals surface area contributed by atoms with E-state index in [1.54, 1.807) is 12.1 Å². The number of thiazole rings is 1. The van der Waals surface area contributed by atoms with E-state index >= 15 is 0 Å². The van der Waals surface area contributed by atoms with Gasteiger partial charge in [-0.15, -0.1) is 11.3 Å². The van der Waals surface area contributed by atoms with Gasteiger partial charge in [-0.05, 0) is 26.0 Å². The SMILES string of the molecule is Cc1nc(N/C=C(/C#N)C(=O)Nc2cccc(O)c2)sc1C. The molecule has 2 rings (SSSR count). The second-order valence-corrected chi connectivity index (χ2v) is 5.68. The van der Waals surface area contributed by atoms with Crippen molar-refractivity contribution in [3.63, 3.8) is 0 Å². The van der Waals surface area contributed by atoms with Gasteiger partial charge in [-0.25, -0.2) is 4.98 Å². The van der Waals surface area contributed by atoms with Gasteiger partial charge in [0.15, 0.2) is 5.13 Å². The van der Waals surface area contributed by atoms with Gasteiger partial charge in [-0.1, -0.05) is 6.07 Å². The third-order valence-corrected chi connectivity index (χ3v) is 3.84. The summed E-state index contributed by atoms with van der Waals surface area (Å²) in [5.41, 5.74) is 1.23. The molecule has 0 spiro atoms. The van der Waals surface area contributed by atoms with Gasteiger partial charge in [-0.2, -0.15) is 5.26 Å². The number of aryl methyl sites for hydroxylation is 2. The van der Waals surface area contributed by atoms with Crippen LogP contribution < -0.4 is 10.6 Å².